The van der Waals surface area contributed by atoms with Crippen molar-refractivity contribution in [2.75, 3.05) is 19.8 Å². The summed E-state index contributed by atoms with van der Waals surface area (Å²) in [4.78, 5) is 0. The van der Waals surface area contributed by atoms with Gasteiger partial charge in [-0.25, -0.2) is 0 Å². The van der Waals surface area contributed by atoms with Crippen molar-refractivity contribution in [3.63, 3.8) is 0 Å². The van der Waals surface area contributed by atoms with Crippen molar-refractivity contribution in [3.05, 3.63) is 48.6 Å². The Morgan fingerprint density at radius 2 is 2.00 bits per heavy atom. The fourth-order valence-corrected chi connectivity index (χ4v) is 2.75. The summed E-state index contributed by atoms with van der Waals surface area (Å²) in [5.74, 6) is -0.897. The summed E-state index contributed by atoms with van der Waals surface area (Å²) in [6, 6.07) is 10.1. The molecule has 4 nitrogen and oxygen atoms in total. The van der Waals surface area contributed by atoms with Crippen molar-refractivity contribution in [1.82, 2.24) is 0 Å². The van der Waals surface area contributed by atoms with E-state index >= 15 is 0 Å². The molecule has 3 fully saturated rings. The van der Waals surface area contributed by atoms with E-state index in [0.717, 1.165) is 5.56 Å². The fourth-order valence-electron chi connectivity index (χ4n) is 2.75. The van der Waals surface area contributed by atoms with E-state index in [2.05, 4.69) is 18.7 Å². The first-order valence-electron chi connectivity index (χ1n) is 7.43. The molecule has 4 heteroatoms. The van der Waals surface area contributed by atoms with Crippen LogP contribution in [0.25, 0.3) is 0 Å². The first-order valence-corrected chi connectivity index (χ1v) is 7.43. The van der Waals surface area contributed by atoms with Crippen molar-refractivity contribution in [2.24, 2.45) is 5.41 Å². The lowest BCUT2D eigenvalue weighted by atomic mass is 9.81. The highest BCUT2D eigenvalue weighted by atomic mass is 16.9. The molecule has 0 spiro atoms. The highest BCUT2D eigenvalue weighted by Gasteiger charge is 2.56. The van der Waals surface area contributed by atoms with E-state index in [1.807, 2.05) is 31.2 Å². The summed E-state index contributed by atoms with van der Waals surface area (Å²) in [5.41, 5.74) is 0.844. The van der Waals surface area contributed by atoms with Crippen molar-refractivity contribution in [1.29, 1.82) is 0 Å². The lowest BCUT2D eigenvalue weighted by Gasteiger charge is -2.54. The highest BCUT2D eigenvalue weighted by molar-refractivity contribution is 5.13. The number of hydrogen-bond acceptors (Lipinski definition) is 4. The molecule has 3 saturated heterocycles. The average molecular weight is 290 g/mol. The van der Waals surface area contributed by atoms with Gasteiger partial charge in [-0.2, -0.15) is 0 Å². The summed E-state index contributed by atoms with van der Waals surface area (Å²) >= 11 is 0. The predicted octanol–water partition coefficient (Wildman–Crippen LogP) is 2.89. The van der Waals surface area contributed by atoms with Crippen molar-refractivity contribution in [2.45, 2.75) is 32.0 Å². The van der Waals surface area contributed by atoms with Gasteiger partial charge in [0.25, 0.3) is 5.97 Å². The van der Waals surface area contributed by atoms with E-state index in [0.29, 0.717) is 32.8 Å². The smallest absolute Gasteiger partial charge is 0.283 e. The molecule has 114 valence electrons. The van der Waals surface area contributed by atoms with Gasteiger partial charge in [-0.05, 0) is 5.56 Å². The molecule has 4 rings (SSSR count). The third-order valence-corrected chi connectivity index (χ3v) is 4.30. The van der Waals surface area contributed by atoms with E-state index in [1.54, 1.807) is 0 Å². The Bertz CT molecular complexity index is 477. The SMILES string of the molecule is C=CC12COC(CC)(OC1)OC2COCc1ccccc1. The quantitative estimate of drug-likeness (QED) is 0.755. The second kappa shape index (κ2) is 5.89. The predicted molar refractivity (Wildman–Crippen MR) is 78.5 cm³/mol. The Morgan fingerprint density at radius 3 is 2.62 bits per heavy atom. The van der Waals surface area contributed by atoms with Crippen molar-refractivity contribution >= 4 is 0 Å². The van der Waals surface area contributed by atoms with Gasteiger partial charge in [0.05, 0.1) is 31.8 Å². The van der Waals surface area contributed by atoms with E-state index in [1.165, 1.54) is 0 Å². The minimum atomic E-state index is -0.897. The van der Waals surface area contributed by atoms with Crippen LogP contribution in [-0.4, -0.2) is 31.9 Å². The van der Waals surface area contributed by atoms with Crippen LogP contribution in [0, 0.1) is 5.41 Å². The Morgan fingerprint density at radius 1 is 1.29 bits per heavy atom. The molecule has 1 aromatic carbocycles. The number of hydrogen-bond donors (Lipinski definition) is 0. The van der Waals surface area contributed by atoms with Crippen LogP contribution in [0.3, 0.4) is 0 Å². The summed E-state index contributed by atoms with van der Waals surface area (Å²) in [6.07, 6.45) is 2.46. The van der Waals surface area contributed by atoms with Gasteiger partial charge in [0.2, 0.25) is 0 Å². The highest BCUT2D eigenvalue weighted by Crippen LogP contribution is 2.45. The summed E-state index contributed by atoms with van der Waals surface area (Å²) < 4.78 is 23.3. The topological polar surface area (TPSA) is 36.9 Å². The Labute approximate surface area is 125 Å². The van der Waals surface area contributed by atoms with Gasteiger partial charge < -0.3 is 18.9 Å². The molecule has 21 heavy (non-hydrogen) atoms. The molecule has 3 heterocycles. The molecule has 0 radical (unpaired) electrons. The van der Waals surface area contributed by atoms with Crippen LogP contribution in [-0.2, 0) is 25.6 Å². The zero-order chi connectivity index (χ0) is 14.8. The molecule has 2 bridgehead atoms. The van der Waals surface area contributed by atoms with Gasteiger partial charge in [-0.3, -0.25) is 0 Å². The second-order valence-corrected chi connectivity index (χ2v) is 5.66. The van der Waals surface area contributed by atoms with Crippen LogP contribution < -0.4 is 0 Å². The summed E-state index contributed by atoms with van der Waals surface area (Å²) in [7, 11) is 0. The molecule has 0 aromatic heterocycles. The number of benzene rings is 1. The molecule has 3 aliphatic heterocycles. The van der Waals surface area contributed by atoms with E-state index in [4.69, 9.17) is 18.9 Å². The Kier molecular flexibility index (Phi) is 4.13. The molecular formula is C17H22O4. The number of ether oxygens (including phenoxy) is 4. The Balaban J connectivity index is 1.62. The molecule has 0 amide bonds. The zero-order valence-corrected chi connectivity index (χ0v) is 12.4. The van der Waals surface area contributed by atoms with Crippen LogP contribution in [0.2, 0.25) is 0 Å². The molecule has 1 unspecified atom stereocenters. The van der Waals surface area contributed by atoms with E-state index < -0.39 is 5.97 Å². The molecule has 0 aliphatic carbocycles. The standard InChI is InChI=1S/C17H22O4/c1-3-16-12-19-17(4-2,20-13-16)21-15(16)11-18-10-14-8-6-5-7-9-14/h3,5-9,15H,1,4,10-13H2,2H3. The van der Waals surface area contributed by atoms with Crippen LogP contribution in [0.15, 0.2) is 43.0 Å². The zero-order valence-electron chi connectivity index (χ0n) is 12.4. The normalized spacial score (nSPS) is 34.8. The second-order valence-electron chi connectivity index (χ2n) is 5.66. The van der Waals surface area contributed by atoms with E-state index in [9.17, 15) is 0 Å². The fraction of sp³-hybridized carbons (Fsp3) is 0.529. The van der Waals surface area contributed by atoms with Gasteiger partial charge in [0.1, 0.15) is 6.10 Å². The molecule has 0 N–H and O–H groups in total. The average Bonchev–Trinajstić information content (AvgIpc) is 2.57. The molecule has 3 aliphatic rings. The first-order chi connectivity index (χ1) is 10.2. The minimum absolute atomic E-state index is 0.0823. The van der Waals surface area contributed by atoms with Crippen LogP contribution in [0.4, 0.5) is 0 Å². The van der Waals surface area contributed by atoms with Gasteiger partial charge in [-0.15, -0.1) is 6.58 Å². The van der Waals surface area contributed by atoms with E-state index in [-0.39, 0.29) is 11.5 Å². The monoisotopic (exact) mass is 290 g/mol. The van der Waals surface area contributed by atoms with Crippen molar-refractivity contribution in [3.8, 4) is 0 Å². The molecule has 0 saturated carbocycles. The summed E-state index contributed by atoms with van der Waals surface area (Å²) in [6.45, 7) is 8.15. The third-order valence-electron chi connectivity index (χ3n) is 4.30. The van der Waals surface area contributed by atoms with Crippen LogP contribution in [0.1, 0.15) is 18.9 Å². The largest absolute Gasteiger partial charge is 0.374 e. The van der Waals surface area contributed by atoms with Gasteiger partial charge in [0.15, 0.2) is 0 Å². The van der Waals surface area contributed by atoms with Crippen LogP contribution >= 0.6 is 0 Å². The maximum Gasteiger partial charge on any atom is 0.283 e. The third kappa shape index (κ3) is 2.77. The lowest BCUT2D eigenvalue weighted by Crippen LogP contribution is -2.64. The maximum absolute atomic E-state index is 6.01. The molecular weight excluding hydrogens is 268 g/mol. The van der Waals surface area contributed by atoms with Gasteiger partial charge in [0, 0.05) is 6.42 Å². The maximum atomic E-state index is 6.01. The molecule has 1 aromatic rings. The summed E-state index contributed by atoms with van der Waals surface area (Å²) in [5, 5.41) is 0. The Hall–Kier alpha value is -1.20. The molecule has 1 atom stereocenters. The first kappa shape index (κ1) is 14.7. The lowest BCUT2D eigenvalue weighted by molar-refractivity contribution is -0.484. The van der Waals surface area contributed by atoms with Gasteiger partial charge >= 0.3 is 0 Å². The van der Waals surface area contributed by atoms with Crippen molar-refractivity contribution < 1.29 is 18.9 Å². The van der Waals surface area contributed by atoms with Gasteiger partial charge in [-0.1, -0.05) is 43.3 Å². The number of rotatable bonds is 6. The minimum Gasteiger partial charge on any atom is -0.374 e. The number of fused-ring (bicyclic) bond motifs is 3. The van der Waals surface area contributed by atoms with Crippen LogP contribution in [0.5, 0.6) is 0 Å².